The number of carbonyl (C=O) groups is 1. The van der Waals surface area contributed by atoms with Crippen molar-refractivity contribution in [3.8, 4) is 22.9 Å². The molecule has 0 aliphatic heterocycles. The molecule has 0 saturated carbocycles. The number of phenolic OH excluding ortho intramolecular Hbond substituents is 1. The number of benzene rings is 3. The van der Waals surface area contributed by atoms with Crippen LogP contribution in [0.5, 0.6) is 17.2 Å². The zero-order valence-corrected chi connectivity index (χ0v) is 16.9. The van der Waals surface area contributed by atoms with Crippen LogP contribution in [0, 0.1) is 0 Å². The highest BCUT2D eigenvalue weighted by molar-refractivity contribution is 6.00. The number of phenols is 1. The summed E-state index contributed by atoms with van der Waals surface area (Å²) in [6.45, 7) is 0.159. The molecule has 0 radical (unpaired) electrons. The van der Waals surface area contributed by atoms with Gasteiger partial charge < -0.3 is 14.6 Å². The second-order valence-corrected chi connectivity index (χ2v) is 6.88. The fourth-order valence-electron chi connectivity index (χ4n) is 3.17. The zero-order chi connectivity index (χ0) is 21.6. The van der Waals surface area contributed by atoms with Crippen molar-refractivity contribution in [2.75, 3.05) is 7.11 Å². The minimum absolute atomic E-state index is 0.115. The Balaban J connectivity index is 1.41. The number of ether oxygens (including phenoxy) is 2. The molecule has 1 aromatic heterocycles. The molecule has 0 atom stereocenters. The smallest absolute Gasteiger partial charge is 0.170 e. The highest BCUT2D eigenvalue weighted by atomic mass is 16.5. The number of rotatable bonds is 8. The molecule has 0 saturated heterocycles. The summed E-state index contributed by atoms with van der Waals surface area (Å²) >= 11 is 0. The maximum atomic E-state index is 12.5. The minimum Gasteiger partial charge on any atom is -0.507 e. The lowest BCUT2D eigenvalue weighted by Crippen LogP contribution is -2.04. The van der Waals surface area contributed by atoms with Crippen LogP contribution in [0.3, 0.4) is 0 Å². The van der Waals surface area contributed by atoms with E-state index in [1.807, 2.05) is 54.6 Å². The second-order valence-electron chi connectivity index (χ2n) is 6.88. The number of nitrogens with zero attached hydrogens (tertiary/aromatic N) is 3. The van der Waals surface area contributed by atoms with Crippen LogP contribution < -0.4 is 9.47 Å². The molecular formula is C24H21N3O4. The quantitative estimate of drug-likeness (QED) is 0.438. The molecule has 0 aliphatic rings. The average Bonchev–Trinajstić information content (AvgIpc) is 3.27. The highest BCUT2D eigenvalue weighted by Crippen LogP contribution is 2.26. The first-order valence-corrected chi connectivity index (χ1v) is 9.71. The lowest BCUT2D eigenvalue weighted by atomic mass is 10.0. The minimum atomic E-state index is -0.157. The predicted molar refractivity (Wildman–Crippen MR) is 115 cm³/mol. The molecule has 4 rings (SSSR count). The van der Waals surface area contributed by atoms with Crippen LogP contribution in [0.1, 0.15) is 21.6 Å². The van der Waals surface area contributed by atoms with Crippen molar-refractivity contribution in [3.05, 3.63) is 95.8 Å². The van der Waals surface area contributed by atoms with Gasteiger partial charge in [-0.3, -0.25) is 4.79 Å². The van der Waals surface area contributed by atoms with Crippen LogP contribution in [-0.2, 0) is 13.0 Å². The van der Waals surface area contributed by atoms with Crippen molar-refractivity contribution >= 4 is 5.78 Å². The number of carbonyl (C=O) groups excluding carboxylic acids is 1. The van der Waals surface area contributed by atoms with E-state index in [0.29, 0.717) is 17.2 Å². The number of para-hydroxylation sites is 2. The Hall–Kier alpha value is -4.13. The molecule has 0 unspecified atom stereocenters. The molecule has 0 aliphatic carbocycles. The summed E-state index contributed by atoms with van der Waals surface area (Å²) in [5.74, 6) is 0.840. The molecule has 1 N–H and O–H groups in total. The summed E-state index contributed by atoms with van der Waals surface area (Å²) in [6, 6.07) is 21.6. The second kappa shape index (κ2) is 9.13. The van der Waals surface area contributed by atoms with Crippen molar-refractivity contribution in [2.45, 2.75) is 13.0 Å². The SMILES string of the molecule is COc1ccccc1-n1cc(COc2ccc(C(=O)Cc3ccccc3)c(O)c2)nn1. The molecule has 7 heteroatoms. The van der Waals surface area contributed by atoms with E-state index in [2.05, 4.69) is 10.3 Å². The van der Waals surface area contributed by atoms with E-state index in [1.165, 1.54) is 6.07 Å². The average molecular weight is 415 g/mol. The van der Waals surface area contributed by atoms with Gasteiger partial charge >= 0.3 is 0 Å². The third-order valence-corrected chi connectivity index (χ3v) is 4.74. The summed E-state index contributed by atoms with van der Waals surface area (Å²) in [7, 11) is 1.60. The van der Waals surface area contributed by atoms with E-state index in [1.54, 1.807) is 30.1 Å². The van der Waals surface area contributed by atoms with E-state index in [9.17, 15) is 9.90 Å². The summed E-state index contributed by atoms with van der Waals surface area (Å²) in [5.41, 5.74) is 2.53. The molecule has 1 heterocycles. The van der Waals surface area contributed by atoms with Gasteiger partial charge in [0, 0.05) is 12.5 Å². The van der Waals surface area contributed by atoms with Gasteiger partial charge in [0.1, 0.15) is 35.2 Å². The lowest BCUT2D eigenvalue weighted by Gasteiger charge is -2.08. The van der Waals surface area contributed by atoms with Gasteiger partial charge in [0.25, 0.3) is 0 Å². The Morgan fingerprint density at radius 1 is 1.03 bits per heavy atom. The number of hydrogen-bond acceptors (Lipinski definition) is 6. The van der Waals surface area contributed by atoms with Gasteiger partial charge in [-0.05, 0) is 29.8 Å². The Morgan fingerprint density at radius 3 is 2.58 bits per heavy atom. The number of aromatic hydroxyl groups is 1. The Kier molecular flexibility index (Phi) is 5.93. The molecule has 0 fully saturated rings. The number of Topliss-reactive ketones (excluding diaryl/α,β-unsaturated/α-hetero) is 1. The van der Waals surface area contributed by atoms with Crippen molar-refractivity contribution in [2.24, 2.45) is 0 Å². The Morgan fingerprint density at radius 2 is 1.81 bits per heavy atom. The van der Waals surface area contributed by atoms with E-state index >= 15 is 0 Å². The fourth-order valence-corrected chi connectivity index (χ4v) is 3.17. The van der Waals surface area contributed by atoms with Crippen molar-refractivity contribution < 1.29 is 19.4 Å². The van der Waals surface area contributed by atoms with Crippen LogP contribution in [-0.4, -0.2) is 33.0 Å². The lowest BCUT2D eigenvalue weighted by molar-refractivity contribution is 0.0990. The Labute approximate surface area is 179 Å². The maximum Gasteiger partial charge on any atom is 0.170 e. The van der Waals surface area contributed by atoms with Crippen molar-refractivity contribution in [3.63, 3.8) is 0 Å². The zero-order valence-electron chi connectivity index (χ0n) is 16.9. The van der Waals surface area contributed by atoms with Gasteiger partial charge in [0.2, 0.25) is 0 Å². The van der Waals surface area contributed by atoms with Crippen molar-refractivity contribution in [1.82, 2.24) is 15.0 Å². The van der Waals surface area contributed by atoms with Gasteiger partial charge in [0.15, 0.2) is 5.78 Å². The largest absolute Gasteiger partial charge is 0.507 e. The van der Waals surface area contributed by atoms with E-state index < -0.39 is 0 Å². The molecule has 0 spiro atoms. The van der Waals surface area contributed by atoms with Crippen LogP contribution in [0.4, 0.5) is 0 Å². The first kappa shape index (κ1) is 20.2. The Bertz CT molecular complexity index is 1190. The third kappa shape index (κ3) is 4.72. The standard InChI is InChI=1S/C24H21N3O4/c1-30-24-10-6-5-9-21(24)27-15-18(25-26-27)16-31-19-11-12-20(23(29)14-19)22(28)13-17-7-3-2-4-8-17/h2-12,14-15,29H,13,16H2,1H3. The van der Waals surface area contributed by atoms with Crippen LogP contribution >= 0.6 is 0 Å². The highest BCUT2D eigenvalue weighted by Gasteiger charge is 2.14. The number of methoxy groups -OCH3 is 1. The summed E-state index contributed by atoms with van der Waals surface area (Å²) < 4.78 is 12.7. The van der Waals surface area contributed by atoms with Crippen LogP contribution in [0.25, 0.3) is 5.69 Å². The number of ketones is 1. The van der Waals surface area contributed by atoms with Gasteiger partial charge in [0.05, 0.1) is 18.9 Å². The monoisotopic (exact) mass is 415 g/mol. The van der Waals surface area contributed by atoms with E-state index in [-0.39, 0.29) is 30.1 Å². The molecule has 0 amide bonds. The van der Waals surface area contributed by atoms with E-state index in [0.717, 1.165) is 11.3 Å². The summed E-state index contributed by atoms with van der Waals surface area (Å²) in [5, 5.41) is 18.5. The molecule has 31 heavy (non-hydrogen) atoms. The van der Waals surface area contributed by atoms with Gasteiger partial charge in [-0.25, -0.2) is 4.68 Å². The van der Waals surface area contributed by atoms with Crippen molar-refractivity contribution in [1.29, 1.82) is 0 Å². The topological polar surface area (TPSA) is 86.5 Å². The normalized spacial score (nSPS) is 10.6. The molecule has 156 valence electrons. The van der Waals surface area contributed by atoms with Gasteiger partial charge in [-0.2, -0.15) is 0 Å². The molecule has 4 aromatic rings. The van der Waals surface area contributed by atoms with Crippen LogP contribution in [0.15, 0.2) is 79.0 Å². The first-order valence-electron chi connectivity index (χ1n) is 9.71. The summed E-state index contributed by atoms with van der Waals surface area (Å²) in [6.07, 6.45) is 1.97. The molecule has 7 nitrogen and oxygen atoms in total. The number of aromatic nitrogens is 3. The van der Waals surface area contributed by atoms with E-state index in [4.69, 9.17) is 9.47 Å². The third-order valence-electron chi connectivity index (χ3n) is 4.74. The number of hydrogen-bond donors (Lipinski definition) is 1. The first-order chi connectivity index (χ1) is 15.1. The predicted octanol–water partition coefficient (Wildman–Crippen LogP) is 3.99. The van der Waals surface area contributed by atoms with Gasteiger partial charge in [-0.15, -0.1) is 5.10 Å². The summed E-state index contributed by atoms with van der Waals surface area (Å²) in [4.78, 5) is 12.5. The molecular weight excluding hydrogens is 394 g/mol. The maximum absolute atomic E-state index is 12.5. The molecule has 3 aromatic carbocycles. The van der Waals surface area contributed by atoms with Gasteiger partial charge in [-0.1, -0.05) is 47.7 Å². The fraction of sp³-hybridized carbons (Fsp3) is 0.125. The molecule has 0 bridgehead atoms. The van der Waals surface area contributed by atoms with Crippen LogP contribution in [0.2, 0.25) is 0 Å².